The van der Waals surface area contributed by atoms with E-state index in [9.17, 15) is 0 Å². The third-order valence-electron chi connectivity index (χ3n) is 1.46. The van der Waals surface area contributed by atoms with E-state index in [4.69, 9.17) is 14.2 Å². The van der Waals surface area contributed by atoms with E-state index in [-0.39, 0.29) is 6.10 Å². The Morgan fingerprint density at radius 2 is 2.33 bits per heavy atom. The van der Waals surface area contributed by atoms with Gasteiger partial charge in [-0.15, -0.1) is 0 Å². The van der Waals surface area contributed by atoms with E-state index in [0.29, 0.717) is 25.9 Å². The standard InChI is InChI=1S/C8H15O3.Rf/c1-3-10-7(2)4-9-5-8-6-11-8;/h7-8H,1,3-6H2,2H3;/q-1;. The molecule has 0 aromatic rings. The van der Waals surface area contributed by atoms with Crippen LogP contribution in [0, 0.1) is 6.92 Å². The zero-order valence-corrected chi connectivity index (χ0v) is 14.0. The maximum absolute atomic E-state index is 5.29. The van der Waals surface area contributed by atoms with Crippen LogP contribution in [0.1, 0.15) is 6.92 Å². The molecule has 1 fully saturated rings. The molecule has 0 spiro atoms. The summed E-state index contributed by atoms with van der Waals surface area (Å²) in [6, 6.07) is 0. The van der Waals surface area contributed by atoms with Gasteiger partial charge in [0.05, 0.1) is 25.9 Å². The summed E-state index contributed by atoms with van der Waals surface area (Å²) in [5.41, 5.74) is 0. The number of hydrogen-bond donors (Lipinski definition) is 0. The summed E-state index contributed by atoms with van der Waals surface area (Å²) >= 11 is 0. The van der Waals surface area contributed by atoms with Crippen molar-refractivity contribution >= 4 is 0 Å². The van der Waals surface area contributed by atoms with Gasteiger partial charge in [0.1, 0.15) is 6.10 Å². The predicted octanol–water partition coefficient (Wildman–Crippen LogP) is 0.641. The Kier molecular flexibility index (Phi) is 5.00. The monoisotopic (exact) mass is 426 g/mol. The fraction of sp³-hybridized carbons (Fsp3) is 0.875. The van der Waals surface area contributed by atoms with E-state index < -0.39 is 0 Å². The van der Waals surface area contributed by atoms with Crippen LogP contribution in [0.5, 0.6) is 0 Å². The molecule has 1 aliphatic rings. The average Bonchev–Trinajstić information content (AvgIpc) is 2.72. The molecule has 1 aliphatic heterocycles. The van der Waals surface area contributed by atoms with Crippen LogP contribution in [0.15, 0.2) is 0 Å². The SMILES string of the molecule is [CH2-]COC(C)COCC1CO1.[Rf]. The largest absolute Gasteiger partial charge is 0.408 e. The Hall–Kier alpha value is -1.12. The van der Waals surface area contributed by atoms with Crippen LogP contribution in [0.3, 0.4) is 0 Å². The maximum Gasteiger partial charge on any atom is 0.104 e. The number of epoxide rings is 1. The Balaban J connectivity index is 0.00000121. The van der Waals surface area contributed by atoms with Gasteiger partial charge >= 0.3 is 0 Å². The van der Waals surface area contributed by atoms with Crippen LogP contribution in [0.25, 0.3) is 0 Å². The summed E-state index contributed by atoms with van der Waals surface area (Å²) < 4.78 is 15.4. The molecule has 0 amide bonds. The summed E-state index contributed by atoms with van der Waals surface area (Å²) in [5, 5.41) is 0. The Morgan fingerprint density at radius 3 is 2.83 bits per heavy atom. The molecule has 1 heterocycles. The molecule has 12 heavy (non-hydrogen) atoms. The van der Waals surface area contributed by atoms with E-state index >= 15 is 0 Å². The summed E-state index contributed by atoms with van der Waals surface area (Å²) in [6.45, 7) is 8.24. The number of rotatable bonds is 6. The number of ether oxygens (including phenoxy) is 3. The molecule has 4 heteroatoms. The molecule has 2 unspecified atom stereocenters. The zero-order valence-electron chi connectivity index (χ0n) is 7.62. The molecule has 0 saturated carbocycles. The molecule has 3 nitrogen and oxygen atoms in total. The third-order valence-corrected chi connectivity index (χ3v) is 1.46. The van der Waals surface area contributed by atoms with E-state index in [1.165, 1.54) is 0 Å². The van der Waals surface area contributed by atoms with E-state index in [1.54, 1.807) is 0 Å². The van der Waals surface area contributed by atoms with Crippen molar-refractivity contribution in [3.8, 4) is 0 Å². The second kappa shape index (κ2) is 5.52. The van der Waals surface area contributed by atoms with Crippen molar-refractivity contribution in [2.24, 2.45) is 0 Å². The first-order chi connectivity index (χ1) is 5.33. The van der Waals surface area contributed by atoms with Gasteiger partial charge in [0.2, 0.25) is 0 Å². The number of hydrogen-bond acceptors (Lipinski definition) is 3. The molecular formula is C8H15O3Rf-. The van der Waals surface area contributed by atoms with Crippen molar-refractivity contribution in [3.63, 3.8) is 0 Å². The molecule has 0 bridgehead atoms. The van der Waals surface area contributed by atoms with Crippen molar-refractivity contribution in [1.82, 2.24) is 0 Å². The van der Waals surface area contributed by atoms with Crippen molar-refractivity contribution < 1.29 is 14.2 Å². The predicted molar refractivity (Wildman–Crippen MR) is 41.3 cm³/mol. The molecule has 0 radical (unpaired) electrons. The van der Waals surface area contributed by atoms with Gasteiger partial charge in [-0.3, -0.25) is 0 Å². The summed E-state index contributed by atoms with van der Waals surface area (Å²) in [4.78, 5) is 0. The normalized spacial score (nSPS) is 23.0. The van der Waals surface area contributed by atoms with Crippen molar-refractivity contribution in [2.75, 3.05) is 26.4 Å². The van der Waals surface area contributed by atoms with Gasteiger partial charge in [-0.25, -0.2) is 0 Å². The van der Waals surface area contributed by atoms with Crippen LogP contribution in [-0.4, -0.2) is 38.6 Å². The Morgan fingerprint density at radius 1 is 1.67 bits per heavy atom. The van der Waals surface area contributed by atoms with Gasteiger partial charge in [-0.2, -0.15) is 0 Å². The maximum atomic E-state index is 5.29. The Labute approximate surface area is 67.6 Å². The fourth-order valence-corrected chi connectivity index (χ4v) is 0.779. The first kappa shape index (κ1) is 10.9. The second-order valence-corrected chi connectivity index (χ2v) is 2.67. The quantitative estimate of drug-likeness (QED) is 0.462. The van der Waals surface area contributed by atoms with Crippen LogP contribution in [-0.2, 0) is 14.2 Å². The van der Waals surface area contributed by atoms with Gasteiger partial charge in [0.25, 0.3) is 0 Å². The fourth-order valence-electron chi connectivity index (χ4n) is 0.779. The summed E-state index contributed by atoms with van der Waals surface area (Å²) in [7, 11) is 0. The first-order valence-corrected chi connectivity index (χ1v) is 3.93. The minimum absolute atomic E-state index is 0. The van der Waals surface area contributed by atoms with Gasteiger partial charge in [-0.1, -0.05) is 6.61 Å². The van der Waals surface area contributed by atoms with Gasteiger partial charge < -0.3 is 21.1 Å². The molecule has 68 valence electrons. The molecule has 2 atom stereocenters. The minimum Gasteiger partial charge on any atom is -0.408 e. The van der Waals surface area contributed by atoms with Crippen molar-refractivity contribution in [1.29, 1.82) is 0 Å². The summed E-state index contributed by atoms with van der Waals surface area (Å²) in [5.74, 6) is 0. The molecular weight excluding hydrogens is 411 g/mol. The third kappa shape index (κ3) is 4.66. The molecule has 0 aliphatic carbocycles. The van der Waals surface area contributed by atoms with Gasteiger partial charge in [-0.05, 0) is 6.92 Å². The second-order valence-electron chi connectivity index (χ2n) is 2.67. The molecule has 0 N–H and O–H groups in total. The van der Waals surface area contributed by atoms with Crippen molar-refractivity contribution in [2.45, 2.75) is 19.1 Å². The molecule has 0 aromatic heterocycles. The van der Waals surface area contributed by atoms with Crippen molar-refractivity contribution in [3.05, 3.63) is 6.92 Å². The van der Waals surface area contributed by atoms with Gasteiger partial charge in [0, 0.05) is 0 Å². The van der Waals surface area contributed by atoms with E-state index in [1.807, 2.05) is 6.92 Å². The van der Waals surface area contributed by atoms with Crippen LogP contribution >= 0.6 is 0 Å². The Bertz CT molecular complexity index is 106. The first-order valence-electron chi connectivity index (χ1n) is 3.93. The van der Waals surface area contributed by atoms with Crippen LogP contribution < -0.4 is 0 Å². The van der Waals surface area contributed by atoms with Crippen LogP contribution in [0.2, 0.25) is 0 Å². The summed E-state index contributed by atoms with van der Waals surface area (Å²) in [6.07, 6.45) is 0.494. The van der Waals surface area contributed by atoms with Gasteiger partial charge in [0.15, 0.2) is 0 Å². The average molecular weight is 426 g/mol. The smallest absolute Gasteiger partial charge is 0.104 e. The molecule has 1 saturated heterocycles. The molecule has 1 rings (SSSR count). The molecule has 0 aromatic carbocycles. The van der Waals surface area contributed by atoms with E-state index in [2.05, 4.69) is 6.92 Å². The topological polar surface area (TPSA) is 31.0 Å². The van der Waals surface area contributed by atoms with Crippen LogP contribution in [0.4, 0.5) is 0 Å². The van der Waals surface area contributed by atoms with E-state index in [0.717, 1.165) is 6.61 Å². The zero-order chi connectivity index (χ0) is 8.10. The minimum atomic E-state index is 0.